The molecular formula is C15H12N2O8S. The average molecular weight is 380 g/mol. The molecule has 0 bridgehead atoms. The largest absolute Gasteiger partial charge is 0.285 e. The minimum absolute atomic E-state index is 0.130. The van der Waals surface area contributed by atoms with Gasteiger partial charge in [-0.05, 0) is 17.7 Å². The molecule has 2 heterocycles. The topological polar surface area (TPSA) is 149 Å². The third-order valence-corrected chi connectivity index (χ3v) is 5.67. The third kappa shape index (κ3) is 2.62. The molecule has 1 atom stereocenters. The van der Waals surface area contributed by atoms with Gasteiger partial charge in [-0.25, -0.2) is 4.90 Å². The number of carbonyl (C=O) groups is 4. The number of benzene rings is 1. The summed E-state index contributed by atoms with van der Waals surface area (Å²) in [5.74, 6) is -3.82. The van der Waals surface area contributed by atoms with Crippen LogP contribution in [0.4, 0.5) is 5.69 Å². The average Bonchev–Trinajstić information content (AvgIpc) is 3.00. The van der Waals surface area contributed by atoms with Crippen LogP contribution < -0.4 is 4.90 Å². The molecule has 2 aliphatic rings. The van der Waals surface area contributed by atoms with Gasteiger partial charge in [0.25, 0.3) is 33.7 Å². The Morgan fingerprint density at radius 1 is 1.08 bits per heavy atom. The second-order valence-corrected chi connectivity index (χ2v) is 7.58. The maximum Gasteiger partial charge on any atom is 0.280 e. The maximum absolute atomic E-state index is 12.1. The van der Waals surface area contributed by atoms with Crippen molar-refractivity contribution in [2.45, 2.75) is 17.6 Å². The van der Waals surface area contributed by atoms with Crippen molar-refractivity contribution in [3.8, 4) is 0 Å². The van der Waals surface area contributed by atoms with E-state index >= 15 is 0 Å². The Bertz CT molecular complexity index is 965. The fraction of sp³-hybridized carbons (Fsp3) is 0.200. The summed E-state index contributed by atoms with van der Waals surface area (Å²) in [7, 11) is -5.06. The van der Waals surface area contributed by atoms with Crippen LogP contribution >= 0.6 is 0 Å². The number of imide groups is 2. The highest BCUT2D eigenvalue weighted by Gasteiger charge is 2.60. The first-order valence-corrected chi connectivity index (χ1v) is 8.69. The van der Waals surface area contributed by atoms with Crippen molar-refractivity contribution in [1.29, 1.82) is 0 Å². The van der Waals surface area contributed by atoms with Crippen LogP contribution in [0.2, 0.25) is 0 Å². The third-order valence-electron chi connectivity index (χ3n) is 4.22. The molecule has 10 nitrogen and oxygen atoms in total. The highest BCUT2D eigenvalue weighted by molar-refractivity contribution is 7.88. The van der Waals surface area contributed by atoms with E-state index in [0.717, 1.165) is 17.1 Å². The van der Waals surface area contributed by atoms with Crippen LogP contribution in [0.1, 0.15) is 12.0 Å². The first kappa shape index (κ1) is 17.9. The van der Waals surface area contributed by atoms with Gasteiger partial charge in [0.2, 0.25) is 0 Å². The van der Waals surface area contributed by atoms with Crippen molar-refractivity contribution in [3.63, 3.8) is 0 Å². The molecular weight excluding hydrogens is 368 g/mol. The lowest BCUT2D eigenvalue weighted by Gasteiger charge is -2.23. The van der Waals surface area contributed by atoms with E-state index < -0.39 is 51.3 Å². The molecule has 11 heteroatoms. The van der Waals surface area contributed by atoms with Gasteiger partial charge in [0, 0.05) is 18.6 Å². The van der Waals surface area contributed by atoms with Crippen LogP contribution in [-0.2, 0) is 35.7 Å². The molecule has 2 aliphatic heterocycles. The van der Waals surface area contributed by atoms with E-state index in [0.29, 0.717) is 0 Å². The number of hydrogen-bond donors (Lipinski definition) is 2. The zero-order chi connectivity index (χ0) is 19.3. The molecule has 1 fully saturated rings. The van der Waals surface area contributed by atoms with Gasteiger partial charge in [0.05, 0.1) is 12.1 Å². The fourth-order valence-electron chi connectivity index (χ4n) is 2.92. The standard InChI is InChI=1S/C15H12N2O8S/c18-11-4-5-12(19)16(11)10-3-1-2-9(6-10)7-15(26(23,24)25)8-13(20)17(22)14(15)21/h1-6,22H,7-8H2,(H,23,24,25). The summed E-state index contributed by atoms with van der Waals surface area (Å²) in [6.07, 6.45) is 0.564. The molecule has 1 aromatic carbocycles. The van der Waals surface area contributed by atoms with Crippen LogP contribution in [0.15, 0.2) is 36.4 Å². The van der Waals surface area contributed by atoms with Crippen molar-refractivity contribution in [1.82, 2.24) is 5.06 Å². The number of hydrogen-bond acceptors (Lipinski definition) is 7. The number of anilines is 1. The molecule has 1 aromatic rings. The van der Waals surface area contributed by atoms with Crippen molar-refractivity contribution < 1.29 is 37.4 Å². The molecule has 1 unspecified atom stereocenters. The second kappa shape index (κ2) is 5.83. The molecule has 0 saturated carbocycles. The Labute approximate surface area is 147 Å². The lowest BCUT2D eigenvalue weighted by molar-refractivity contribution is -0.171. The maximum atomic E-state index is 12.1. The first-order valence-electron chi connectivity index (χ1n) is 7.25. The lowest BCUT2D eigenvalue weighted by Crippen LogP contribution is -2.47. The van der Waals surface area contributed by atoms with Crippen molar-refractivity contribution in [2.75, 3.05) is 4.90 Å². The SMILES string of the molecule is O=C1CC(Cc2cccc(N3C(=O)C=CC3=O)c2)(S(=O)(=O)O)C(=O)N1O. The molecule has 0 aromatic heterocycles. The van der Waals surface area contributed by atoms with Crippen LogP contribution in [0.25, 0.3) is 0 Å². The molecule has 136 valence electrons. The van der Waals surface area contributed by atoms with Gasteiger partial charge in [-0.3, -0.25) is 28.9 Å². The van der Waals surface area contributed by atoms with Crippen molar-refractivity contribution in [3.05, 3.63) is 42.0 Å². The van der Waals surface area contributed by atoms with E-state index in [4.69, 9.17) is 0 Å². The van der Waals surface area contributed by atoms with Gasteiger partial charge in [-0.2, -0.15) is 13.5 Å². The summed E-state index contributed by atoms with van der Waals surface area (Å²) in [6, 6.07) is 5.52. The minimum atomic E-state index is -5.06. The zero-order valence-corrected chi connectivity index (χ0v) is 13.8. The van der Waals surface area contributed by atoms with Crippen molar-refractivity contribution in [2.24, 2.45) is 0 Å². The predicted octanol–water partition coefficient (Wildman–Crippen LogP) is -0.567. The second-order valence-electron chi connectivity index (χ2n) is 5.85. The van der Waals surface area contributed by atoms with Gasteiger partial charge in [0.15, 0.2) is 4.75 Å². The number of nitrogens with zero attached hydrogens (tertiary/aromatic N) is 2. The summed E-state index contributed by atoms with van der Waals surface area (Å²) in [6.45, 7) is 0. The van der Waals surface area contributed by atoms with E-state index in [9.17, 15) is 37.4 Å². The lowest BCUT2D eigenvalue weighted by atomic mass is 9.96. The number of carbonyl (C=O) groups excluding carboxylic acids is 4. The van der Waals surface area contributed by atoms with Gasteiger partial charge in [0.1, 0.15) is 0 Å². The molecule has 1 saturated heterocycles. The fourth-order valence-corrected chi connectivity index (χ4v) is 3.88. The van der Waals surface area contributed by atoms with E-state index in [1.807, 2.05) is 0 Å². The van der Waals surface area contributed by atoms with Crippen LogP contribution in [0.3, 0.4) is 0 Å². The Balaban J connectivity index is 2.01. The summed E-state index contributed by atoms with van der Waals surface area (Å²) in [4.78, 5) is 48.0. The molecule has 0 spiro atoms. The van der Waals surface area contributed by atoms with Crippen LogP contribution in [0, 0.1) is 0 Å². The predicted molar refractivity (Wildman–Crippen MR) is 84.3 cm³/mol. The van der Waals surface area contributed by atoms with Gasteiger partial charge < -0.3 is 0 Å². The Morgan fingerprint density at radius 2 is 1.69 bits per heavy atom. The summed E-state index contributed by atoms with van der Waals surface area (Å²) < 4.78 is 30.6. The highest BCUT2D eigenvalue weighted by atomic mass is 32.2. The summed E-state index contributed by atoms with van der Waals surface area (Å²) in [5.41, 5.74) is 0.287. The quantitative estimate of drug-likeness (QED) is 0.401. The Morgan fingerprint density at radius 3 is 2.19 bits per heavy atom. The van der Waals surface area contributed by atoms with Gasteiger partial charge >= 0.3 is 0 Å². The van der Waals surface area contributed by atoms with Gasteiger partial charge in [-0.15, -0.1) is 0 Å². The zero-order valence-electron chi connectivity index (χ0n) is 13.0. The molecule has 0 radical (unpaired) electrons. The van der Waals surface area contributed by atoms with Crippen LogP contribution in [-0.4, -0.2) is 51.6 Å². The van der Waals surface area contributed by atoms with E-state index in [1.165, 1.54) is 24.3 Å². The normalized spacial score (nSPS) is 23.5. The van der Waals surface area contributed by atoms with E-state index in [2.05, 4.69) is 0 Å². The van der Waals surface area contributed by atoms with E-state index in [1.54, 1.807) is 0 Å². The molecule has 26 heavy (non-hydrogen) atoms. The smallest absolute Gasteiger partial charge is 0.280 e. The molecule has 4 amide bonds. The summed E-state index contributed by atoms with van der Waals surface area (Å²) in [5, 5.41) is 9.05. The minimum Gasteiger partial charge on any atom is -0.285 e. The monoisotopic (exact) mass is 380 g/mol. The Kier molecular flexibility index (Phi) is 4.02. The van der Waals surface area contributed by atoms with Crippen molar-refractivity contribution >= 4 is 39.4 Å². The van der Waals surface area contributed by atoms with E-state index in [-0.39, 0.29) is 16.3 Å². The Hall–Kier alpha value is -2.89. The van der Waals surface area contributed by atoms with Crippen LogP contribution in [0.5, 0.6) is 0 Å². The first-order chi connectivity index (χ1) is 12.1. The molecule has 2 N–H and O–H groups in total. The number of amides is 4. The highest BCUT2D eigenvalue weighted by Crippen LogP contribution is 2.35. The summed E-state index contributed by atoms with van der Waals surface area (Å²) >= 11 is 0. The molecule has 3 rings (SSSR count). The number of rotatable bonds is 4. The van der Waals surface area contributed by atoms with Gasteiger partial charge in [-0.1, -0.05) is 12.1 Å². The molecule has 0 aliphatic carbocycles. The number of hydroxylamine groups is 2.